The smallest absolute Gasteiger partial charge is 0.545 e. The monoisotopic (exact) mass is 384 g/mol. The van der Waals surface area contributed by atoms with Crippen molar-refractivity contribution < 1.29 is 49.4 Å². The van der Waals surface area contributed by atoms with E-state index in [1.807, 2.05) is 22.9 Å². The second kappa shape index (κ2) is 14.0. The number of rotatable bonds is 8. The van der Waals surface area contributed by atoms with E-state index < -0.39 is 11.9 Å². The van der Waals surface area contributed by atoms with E-state index in [1.54, 1.807) is 17.4 Å². The predicted molar refractivity (Wildman–Crippen MR) is 99.2 cm³/mol. The number of hydrogen-bond donors (Lipinski definition) is 1. The van der Waals surface area contributed by atoms with E-state index in [2.05, 4.69) is 13.8 Å². The molecule has 0 radical (unpaired) electrons. The Morgan fingerprint density at radius 2 is 1.73 bits per heavy atom. The molecular weight excluding hydrogens is 359 g/mol. The van der Waals surface area contributed by atoms with E-state index in [1.165, 1.54) is 12.1 Å². The fraction of sp³-hybridized carbons (Fsp3) is 0.400. The number of aromatic carboxylic acids is 2. The Morgan fingerprint density at radius 3 is 2.15 bits per heavy atom. The van der Waals surface area contributed by atoms with Crippen molar-refractivity contribution in [3.05, 3.63) is 57.8 Å². The van der Waals surface area contributed by atoms with Crippen molar-refractivity contribution in [3.8, 4) is 0 Å². The normalized spacial score (nSPS) is 10.8. The van der Waals surface area contributed by atoms with Crippen molar-refractivity contribution in [2.45, 2.75) is 51.9 Å². The molecule has 136 valence electrons. The van der Waals surface area contributed by atoms with Gasteiger partial charge in [0.15, 0.2) is 0 Å². The van der Waals surface area contributed by atoms with Crippen molar-refractivity contribution in [2.24, 2.45) is 0 Å². The van der Waals surface area contributed by atoms with Crippen LogP contribution in [0.25, 0.3) is 0 Å². The fourth-order valence-corrected chi connectivity index (χ4v) is 3.13. The zero-order valence-corrected chi connectivity index (χ0v) is 18.6. The maximum absolute atomic E-state index is 11.2. The average molecular weight is 384 g/mol. The van der Waals surface area contributed by atoms with Gasteiger partial charge in [0.25, 0.3) is 0 Å². The Bertz CT molecular complexity index is 639. The maximum Gasteiger partial charge on any atom is 1.00 e. The van der Waals surface area contributed by atoms with E-state index in [9.17, 15) is 14.7 Å². The number of benzene rings is 1. The minimum Gasteiger partial charge on any atom is -0.545 e. The number of hydrogen-bond acceptors (Lipinski definition) is 4. The first-order valence-electron chi connectivity index (χ1n) is 8.56. The summed E-state index contributed by atoms with van der Waals surface area (Å²) in [6, 6.07) is 8.59. The molecule has 0 amide bonds. The van der Waals surface area contributed by atoms with Crippen molar-refractivity contribution in [2.75, 3.05) is 0 Å². The molecule has 1 aromatic carbocycles. The summed E-state index contributed by atoms with van der Waals surface area (Å²) in [5, 5.41) is 24.1. The zero-order valence-electron chi connectivity index (χ0n) is 15.7. The van der Waals surface area contributed by atoms with Crippen LogP contribution >= 0.6 is 11.3 Å². The molecule has 2 aromatic rings. The second-order valence-electron chi connectivity index (χ2n) is 5.82. The third-order valence-electron chi connectivity index (χ3n) is 3.93. The molecule has 0 aliphatic carbocycles. The Labute approximate surface area is 181 Å². The van der Waals surface area contributed by atoms with Crippen LogP contribution in [0.2, 0.25) is 0 Å². The fourth-order valence-electron chi connectivity index (χ4n) is 2.67. The van der Waals surface area contributed by atoms with Crippen molar-refractivity contribution in [1.82, 2.24) is 0 Å². The van der Waals surface area contributed by atoms with E-state index in [0.717, 1.165) is 37.7 Å². The van der Waals surface area contributed by atoms with Gasteiger partial charge in [-0.15, -0.1) is 0 Å². The maximum atomic E-state index is 11.2. The van der Waals surface area contributed by atoms with Gasteiger partial charge in [-0.3, -0.25) is 0 Å². The summed E-state index contributed by atoms with van der Waals surface area (Å²) in [4.78, 5) is 22.1. The van der Waals surface area contributed by atoms with Crippen LogP contribution in [0.5, 0.6) is 0 Å². The van der Waals surface area contributed by atoms with Crippen molar-refractivity contribution in [1.29, 1.82) is 0 Å². The number of carbonyl (C=O) groups excluding carboxylic acids is 1. The number of carboxylic acid groups (broad SMARTS) is 2. The topological polar surface area (TPSA) is 77.4 Å². The quantitative estimate of drug-likeness (QED) is 0.701. The molecule has 1 aromatic heterocycles. The Kier molecular flexibility index (Phi) is 13.4. The second-order valence-corrected chi connectivity index (χ2v) is 6.64. The van der Waals surface area contributed by atoms with Crippen molar-refractivity contribution in [3.63, 3.8) is 0 Å². The predicted octanol–water partition coefficient (Wildman–Crippen LogP) is 1.57. The van der Waals surface area contributed by atoms with Gasteiger partial charge in [-0.2, -0.15) is 11.3 Å². The van der Waals surface area contributed by atoms with Crippen LogP contribution in [0.1, 0.15) is 78.1 Å². The molecule has 1 N–H and O–H groups in total. The molecule has 0 saturated heterocycles. The van der Waals surface area contributed by atoms with E-state index in [-0.39, 0.29) is 46.6 Å². The molecule has 26 heavy (non-hydrogen) atoms. The SMILES string of the molecule is CCCCC(CCC)c1ccc(C(=O)[O-])c(C(=O)O)c1.[Na+].c1ccsc1. The van der Waals surface area contributed by atoms with Gasteiger partial charge in [-0.05, 0) is 41.1 Å². The third kappa shape index (κ3) is 8.49. The minimum atomic E-state index is -1.45. The molecule has 0 aliphatic rings. The molecule has 0 fully saturated rings. The largest absolute Gasteiger partial charge is 1.00 e. The first kappa shape index (κ1) is 24.9. The summed E-state index contributed by atoms with van der Waals surface area (Å²) in [5.41, 5.74) is 0.467. The summed E-state index contributed by atoms with van der Waals surface area (Å²) in [6.07, 6.45) is 5.15. The van der Waals surface area contributed by atoms with Gasteiger partial charge in [-0.25, -0.2) is 4.79 Å². The molecule has 1 atom stereocenters. The molecule has 2 rings (SSSR count). The van der Waals surface area contributed by atoms with Crippen LogP contribution in [0, 0.1) is 0 Å². The first-order valence-corrected chi connectivity index (χ1v) is 9.51. The molecule has 1 heterocycles. The van der Waals surface area contributed by atoms with Crippen LogP contribution in [0.15, 0.2) is 41.1 Å². The third-order valence-corrected chi connectivity index (χ3v) is 4.56. The van der Waals surface area contributed by atoms with Gasteiger partial charge in [0.2, 0.25) is 0 Å². The van der Waals surface area contributed by atoms with Crippen LogP contribution in [0.3, 0.4) is 0 Å². The molecular formula is C20H25NaO4S. The number of thiophene rings is 1. The molecule has 4 nitrogen and oxygen atoms in total. The van der Waals surface area contributed by atoms with Gasteiger partial charge in [-0.1, -0.05) is 57.4 Å². The Balaban J connectivity index is 0.000000893. The van der Waals surface area contributed by atoms with Gasteiger partial charge < -0.3 is 15.0 Å². The Hall–Kier alpha value is -1.14. The molecule has 6 heteroatoms. The summed E-state index contributed by atoms with van der Waals surface area (Å²) < 4.78 is 0. The molecule has 0 spiro atoms. The van der Waals surface area contributed by atoms with Crippen LogP contribution < -0.4 is 34.7 Å². The molecule has 0 bridgehead atoms. The summed E-state index contributed by atoms with van der Waals surface area (Å²) in [5.74, 6) is -2.39. The van der Waals surface area contributed by atoms with Crippen molar-refractivity contribution >= 4 is 23.3 Å². The zero-order chi connectivity index (χ0) is 18.7. The van der Waals surface area contributed by atoms with Crippen LogP contribution in [-0.4, -0.2) is 17.0 Å². The molecule has 0 saturated carbocycles. The summed E-state index contributed by atoms with van der Waals surface area (Å²) in [7, 11) is 0. The van der Waals surface area contributed by atoms with Gasteiger partial charge in [0.05, 0.1) is 11.5 Å². The number of carboxylic acids is 2. The standard InChI is InChI=1S/C16H22O4.C4H4S.Na/c1-3-5-7-11(6-4-2)12-8-9-13(15(17)18)14(10-12)16(19)20;1-2-4-5-3-1;/h8-11H,3-7H2,1-2H3,(H,17,18)(H,19,20);1-4H;/q;;+1/p-1. The summed E-state index contributed by atoms with van der Waals surface area (Å²) >= 11 is 1.71. The number of unbranched alkanes of at least 4 members (excludes halogenated alkanes) is 1. The van der Waals surface area contributed by atoms with E-state index in [4.69, 9.17) is 5.11 Å². The van der Waals surface area contributed by atoms with Crippen LogP contribution in [-0.2, 0) is 0 Å². The van der Waals surface area contributed by atoms with Gasteiger partial charge in [0.1, 0.15) is 0 Å². The summed E-state index contributed by atoms with van der Waals surface area (Å²) in [6.45, 7) is 4.21. The Morgan fingerprint density at radius 1 is 1.08 bits per heavy atom. The molecule has 0 aliphatic heterocycles. The average Bonchev–Trinajstić information content (AvgIpc) is 3.17. The van der Waals surface area contributed by atoms with E-state index in [0.29, 0.717) is 0 Å². The van der Waals surface area contributed by atoms with Gasteiger partial charge >= 0.3 is 35.5 Å². The molecule has 1 unspecified atom stereocenters. The first-order chi connectivity index (χ1) is 12.0. The van der Waals surface area contributed by atoms with Gasteiger partial charge in [0, 0.05) is 5.56 Å². The van der Waals surface area contributed by atoms with Crippen LogP contribution in [0.4, 0.5) is 0 Å². The number of carbonyl (C=O) groups is 2. The minimum absolute atomic E-state index is 0. The van der Waals surface area contributed by atoms with E-state index >= 15 is 0 Å².